The second kappa shape index (κ2) is 6.99. The number of aromatic nitrogens is 4. The SMILES string of the molecule is c1ccc([PH](c2ccccc2)(c2ccccc2)c2ncnc3nc[nH]c23)cc1. The van der Waals surface area contributed by atoms with Gasteiger partial charge in [0, 0.05) is 0 Å². The van der Waals surface area contributed by atoms with Gasteiger partial charge in [0.15, 0.2) is 0 Å². The predicted molar refractivity (Wildman–Crippen MR) is 118 cm³/mol. The molecule has 3 aromatic carbocycles. The molecule has 2 heterocycles. The molecule has 0 aliphatic rings. The van der Waals surface area contributed by atoms with Gasteiger partial charge in [-0.1, -0.05) is 0 Å². The van der Waals surface area contributed by atoms with Gasteiger partial charge in [-0.15, -0.1) is 0 Å². The van der Waals surface area contributed by atoms with E-state index in [1.165, 1.54) is 15.9 Å². The number of aromatic amines is 1. The number of rotatable bonds is 4. The van der Waals surface area contributed by atoms with Gasteiger partial charge in [-0.25, -0.2) is 0 Å². The third-order valence-corrected chi connectivity index (χ3v) is 9.89. The van der Waals surface area contributed by atoms with Crippen LogP contribution in [0.2, 0.25) is 0 Å². The van der Waals surface area contributed by atoms with Gasteiger partial charge in [-0.05, 0) is 0 Å². The quantitative estimate of drug-likeness (QED) is 0.486. The summed E-state index contributed by atoms with van der Waals surface area (Å²) >= 11 is 0. The molecular formula is C23H19N4P. The van der Waals surface area contributed by atoms with Crippen LogP contribution in [0.3, 0.4) is 0 Å². The third kappa shape index (κ3) is 2.54. The topological polar surface area (TPSA) is 54.5 Å². The summed E-state index contributed by atoms with van der Waals surface area (Å²) < 4.78 is 0. The Morgan fingerprint density at radius 2 is 1.07 bits per heavy atom. The van der Waals surface area contributed by atoms with E-state index in [9.17, 15) is 0 Å². The van der Waals surface area contributed by atoms with Crippen molar-refractivity contribution in [3.63, 3.8) is 0 Å². The molecule has 0 unspecified atom stereocenters. The number of nitrogens with zero attached hydrogens (tertiary/aromatic N) is 3. The number of nitrogens with one attached hydrogen (secondary N) is 1. The number of imidazole rings is 1. The molecule has 2 aromatic heterocycles. The van der Waals surface area contributed by atoms with E-state index < -0.39 is 7.26 Å². The van der Waals surface area contributed by atoms with Crippen LogP contribution in [0.25, 0.3) is 11.2 Å². The Hall–Kier alpha value is -3.36. The second-order valence-electron chi connectivity index (χ2n) is 6.67. The monoisotopic (exact) mass is 382 g/mol. The summed E-state index contributed by atoms with van der Waals surface area (Å²) in [5.74, 6) is 0. The maximum absolute atomic E-state index is 4.86. The molecule has 136 valence electrons. The Morgan fingerprint density at radius 1 is 0.571 bits per heavy atom. The standard InChI is InChI=1S/C23H19N4P/c1-4-10-18(11-5-1)28(19-12-6-2-7-13-19,20-14-8-3-9-15-20)23-21-22(25-16-24-21)26-17-27-23/h1-17,28H,(H,24,25,26,27). The van der Waals surface area contributed by atoms with Crippen LogP contribution >= 0.6 is 7.26 Å². The van der Waals surface area contributed by atoms with E-state index in [1.54, 1.807) is 12.7 Å². The van der Waals surface area contributed by atoms with Crippen LogP contribution < -0.4 is 21.3 Å². The molecule has 0 fully saturated rings. The molecule has 0 amide bonds. The number of fused-ring (bicyclic) bond motifs is 1. The van der Waals surface area contributed by atoms with Gasteiger partial charge < -0.3 is 0 Å². The molecule has 0 atom stereocenters. The molecule has 0 radical (unpaired) electrons. The minimum atomic E-state index is -2.65. The Bertz CT molecular complexity index is 1110. The van der Waals surface area contributed by atoms with Crippen molar-refractivity contribution in [3.05, 3.63) is 104 Å². The molecule has 0 saturated heterocycles. The molecular weight excluding hydrogens is 363 g/mol. The van der Waals surface area contributed by atoms with Crippen molar-refractivity contribution in [2.24, 2.45) is 0 Å². The van der Waals surface area contributed by atoms with Crippen LogP contribution in [-0.4, -0.2) is 19.9 Å². The normalized spacial score (nSPS) is 12.1. The van der Waals surface area contributed by atoms with Crippen LogP contribution in [-0.2, 0) is 0 Å². The van der Waals surface area contributed by atoms with Crippen LogP contribution in [0.5, 0.6) is 0 Å². The van der Waals surface area contributed by atoms with Gasteiger partial charge in [0.05, 0.1) is 0 Å². The zero-order valence-electron chi connectivity index (χ0n) is 15.2. The van der Waals surface area contributed by atoms with Crippen LogP contribution in [0.1, 0.15) is 0 Å². The summed E-state index contributed by atoms with van der Waals surface area (Å²) in [4.78, 5) is 16.9. The Kier molecular flexibility index (Phi) is 4.19. The van der Waals surface area contributed by atoms with Crippen molar-refractivity contribution in [3.8, 4) is 0 Å². The predicted octanol–water partition coefficient (Wildman–Crippen LogP) is 2.70. The van der Waals surface area contributed by atoms with E-state index in [4.69, 9.17) is 4.98 Å². The molecule has 1 N–H and O–H groups in total. The van der Waals surface area contributed by atoms with Crippen molar-refractivity contribution >= 4 is 39.8 Å². The summed E-state index contributed by atoms with van der Waals surface area (Å²) in [5, 5.41) is 3.84. The molecule has 0 aliphatic heterocycles. The summed E-state index contributed by atoms with van der Waals surface area (Å²) in [6.45, 7) is 0. The zero-order valence-corrected chi connectivity index (χ0v) is 16.2. The molecule has 5 rings (SSSR count). The van der Waals surface area contributed by atoms with Gasteiger partial charge in [0.25, 0.3) is 0 Å². The molecule has 5 aromatic rings. The van der Waals surface area contributed by atoms with Crippen LogP contribution in [0.4, 0.5) is 0 Å². The molecule has 0 aliphatic carbocycles. The van der Waals surface area contributed by atoms with Gasteiger partial charge in [0.2, 0.25) is 0 Å². The first-order valence-corrected chi connectivity index (χ1v) is 11.2. The number of benzene rings is 3. The summed E-state index contributed by atoms with van der Waals surface area (Å²) in [6.07, 6.45) is 3.33. The zero-order chi connectivity index (χ0) is 18.8. The van der Waals surface area contributed by atoms with Gasteiger partial charge in [0.1, 0.15) is 0 Å². The molecule has 28 heavy (non-hydrogen) atoms. The Morgan fingerprint density at radius 3 is 1.57 bits per heavy atom. The summed E-state index contributed by atoms with van der Waals surface area (Å²) in [6, 6.07) is 32.1. The fourth-order valence-electron chi connectivity index (χ4n) is 4.02. The van der Waals surface area contributed by atoms with E-state index in [0.717, 1.165) is 11.0 Å². The summed E-state index contributed by atoms with van der Waals surface area (Å²) in [7, 11) is -2.65. The van der Waals surface area contributed by atoms with Gasteiger partial charge >= 0.3 is 163 Å². The first-order valence-electron chi connectivity index (χ1n) is 9.22. The summed E-state index contributed by atoms with van der Waals surface area (Å²) in [5.41, 5.74) is 2.63. The van der Waals surface area contributed by atoms with E-state index in [2.05, 4.69) is 106 Å². The Labute approximate surface area is 163 Å². The van der Waals surface area contributed by atoms with E-state index in [0.29, 0.717) is 5.65 Å². The number of hydrogen-bond donors (Lipinski definition) is 1. The first-order chi connectivity index (χ1) is 13.9. The van der Waals surface area contributed by atoms with Gasteiger partial charge in [-0.2, -0.15) is 0 Å². The fraction of sp³-hybridized carbons (Fsp3) is 0. The van der Waals surface area contributed by atoms with E-state index in [1.807, 2.05) is 0 Å². The van der Waals surface area contributed by atoms with Crippen molar-refractivity contribution < 1.29 is 0 Å². The van der Waals surface area contributed by atoms with Crippen molar-refractivity contribution in [1.82, 2.24) is 19.9 Å². The van der Waals surface area contributed by atoms with E-state index >= 15 is 0 Å². The van der Waals surface area contributed by atoms with Crippen molar-refractivity contribution in [2.45, 2.75) is 0 Å². The molecule has 0 saturated carbocycles. The van der Waals surface area contributed by atoms with Crippen molar-refractivity contribution in [1.29, 1.82) is 0 Å². The van der Waals surface area contributed by atoms with Gasteiger partial charge in [-0.3, -0.25) is 0 Å². The number of hydrogen-bond acceptors (Lipinski definition) is 3. The van der Waals surface area contributed by atoms with E-state index in [-0.39, 0.29) is 0 Å². The van der Waals surface area contributed by atoms with Crippen LogP contribution in [0.15, 0.2) is 104 Å². The molecule has 4 nitrogen and oxygen atoms in total. The molecule has 5 heteroatoms. The second-order valence-corrected chi connectivity index (χ2v) is 10.4. The average molecular weight is 382 g/mol. The van der Waals surface area contributed by atoms with Crippen LogP contribution in [0, 0.1) is 0 Å². The minimum absolute atomic E-state index is 0.699. The maximum atomic E-state index is 4.86. The fourth-order valence-corrected chi connectivity index (χ4v) is 8.73. The first kappa shape index (κ1) is 16.8. The number of H-pyrrole nitrogens is 1. The molecule has 0 bridgehead atoms. The van der Waals surface area contributed by atoms with Crippen molar-refractivity contribution in [2.75, 3.05) is 0 Å². The average Bonchev–Trinajstić information content (AvgIpc) is 3.26. The Balaban J connectivity index is 1.98. The molecule has 0 spiro atoms. The third-order valence-electron chi connectivity index (χ3n) is 5.20.